The van der Waals surface area contributed by atoms with Crippen LogP contribution in [0.1, 0.15) is 0 Å². The number of methoxy groups -OCH3 is 2. The van der Waals surface area contributed by atoms with E-state index in [2.05, 4.69) is 25.0 Å². The molecule has 51 heavy (non-hydrogen) atoms. The second kappa shape index (κ2) is 17.4. The lowest BCUT2D eigenvalue weighted by Crippen LogP contribution is -2.43. The molecule has 5 rings (SSSR count). The molecule has 1 saturated heterocycles. The molecule has 0 saturated carbocycles. The Bertz CT molecular complexity index is 1930. The molecule has 4 aromatic rings. The number of pyridine rings is 1. The fourth-order valence-electron chi connectivity index (χ4n) is 4.44. The number of rotatable bonds is 15. The van der Waals surface area contributed by atoms with E-state index in [1.54, 1.807) is 29.2 Å². The molecule has 2 amide bonds. The van der Waals surface area contributed by atoms with Gasteiger partial charge in [-0.15, -0.1) is 0 Å². The van der Waals surface area contributed by atoms with Gasteiger partial charge in [0.05, 0.1) is 37.4 Å². The van der Waals surface area contributed by atoms with Crippen LogP contribution < -0.4 is 33.7 Å². The lowest BCUT2D eigenvalue weighted by Gasteiger charge is -2.26. The summed E-state index contributed by atoms with van der Waals surface area (Å²) in [5.41, 5.74) is 0. The molecule has 0 bridgehead atoms. The van der Waals surface area contributed by atoms with Crippen molar-refractivity contribution >= 4 is 45.3 Å². The Labute approximate surface area is 297 Å². The van der Waals surface area contributed by atoms with Crippen LogP contribution in [0.15, 0.2) is 72.0 Å². The van der Waals surface area contributed by atoms with Crippen molar-refractivity contribution < 1.29 is 51.2 Å². The van der Waals surface area contributed by atoms with Crippen LogP contribution in [0.5, 0.6) is 34.6 Å². The van der Waals surface area contributed by atoms with Crippen molar-refractivity contribution in [2.75, 3.05) is 70.4 Å². The van der Waals surface area contributed by atoms with E-state index in [4.69, 9.17) is 44.8 Å². The first-order chi connectivity index (χ1) is 24.7. The fourth-order valence-corrected chi connectivity index (χ4v) is 5.62. The summed E-state index contributed by atoms with van der Waals surface area (Å²) >= 11 is 6.38. The maximum Gasteiger partial charge on any atom is 0.412 e. The van der Waals surface area contributed by atoms with Gasteiger partial charge in [0.1, 0.15) is 36.9 Å². The van der Waals surface area contributed by atoms with E-state index in [1.807, 2.05) is 0 Å². The normalized spacial score (nSPS) is 12.7. The van der Waals surface area contributed by atoms with Crippen LogP contribution in [-0.4, -0.2) is 101 Å². The third-order valence-electron chi connectivity index (χ3n) is 6.96. The lowest BCUT2D eigenvalue weighted by atomic mass is 10.3. The number of carbonyl (C=O) groups is 2. The van der Waals surface area contributed by atoms with Crippen LogP contribution in [-0.2, 0) is 24.3 Å². The molecule has 1 fully saturated rings. The minimum atomic E-state index is -4.40. The predicted molar refractivity (Wildman–Crippen MR) is 182 cm³/mol. The van der Waals surface area contributed by atoms with Crippen LogP contribution in [0, 0.1) is 0 Å². The number of ether oxygens (including phenoxy) is 7. The van der Waals surface area contributed by atoms with Crippen molar-refractivity contribution in [1.82, 2.24) is 19.9 Å². The summed E-state index contributed by atoms with van der Waals surface area (Å²) in [5, 5.41) is 2.62. The van der Waals surface area contributed by atoms with E-state index < -0.39 is 16.1 Å². The molecule has 0 aliphatic carbocycles. The summed E-state index contributed by atoms with van der Waals surface area (Å²) in [4.78, 5) is 38.3. The maximum atomic E-state index is 13.7. The monoisotopic (exact) mass is 744 g/mol. The number of morpholine rings is 1. The minimum Gasteiger partial charge on any atom is -0.497 e. The van der Waals surface area contributed by atoms with Crippen LogP contribution in [0.3, 0.4) is 0 Å². The summed E-state index contributed by atoms with van der Waals surface area (Å²) in [6, 6.07) is 13.4. The highest BCUT2D eigenvalue weighted by Gasteiger charge is 2.25. The Kier molecular flexibility index (Phi) is 12.5. The summed E-state index contributed by atoms with van der Waals surface area (Å²) in [6.07, 6.45) is 1.77. The van der Waals surface area contributed by atoms with Gasteiger partial charge in [-0.05, 0) is 36.4 Å². The SMILES string of the molecule is COc1ccc(Cl)c(Oc2c(NS(=O)(=O)c3ccc(OC)c(OCC(=O)N4CCOCC4)c3)ncnc2OCCOC(=O)Nc2ccccn2)c1. The quantitative estimate of drug-likeness (QED) is 0.166. The average molecular weight is 745 g/mol. The number of nitrogens with one attached hydrogen (secondary N) is 2. The highest BCUT2D eigenvalue weighted by molar-refractivity contribution is 7.92. The molecule has 1 aliphatic rings. The fraction of sp³-hybridized carbons (Fsp3) is 0.281. The molecule has 0 unspecified atom stereocenters. The number of sulfonamides is 1. The second-order valence-electron chi connectivity index (χ2n) is 10.3. The Balaban J connectivity index is 1.36. The largest absolute Gasteiger partial charge is 0.497 e. The van der Waals surface area contributed by atoms with Crippen molar-refractivity contribution in [3.63, 3.8) is 0 Å². The smallest absolute Gasteiger partial charge is 0.412 e. The van der Waals surface area contributed by atoms with Gasteiger partial charge in [-0.3, -0.25) is 14.8 Å². The third-order valence-corrected chi connectivity index (χ3v) is 8.61. The zero-order valence-corrected chi connectivity index (χ0v) is 28.9. The second-order valence-corrected chi connectivity index (χ2v) is 12.4. The van der Waals surface area contributed by atoms with Gasteiger partial charge < -0.3 is 38.1 Å². The number of hydrogen-bond acceptors (Lipinski definition) is 14. The van der Waals surface area contributed by atoms with E-state index in [0.29, 0.717) is 37.9 Å². The molecule has 270 valence electrons. The van der Waals surface area contributed by atoms with E-state index in [0.717, 1.165) is 6.33 Å². The first kappa shape index (κ1) is 36.7. The van der Waals surface area contributed by atoms with Crippen molar-refractivity contribution in [2.24, 2.45) is 0 Å². The highest BCUT2D eigenvalue weighted by atomic mass is 35.5. The minimum absolute atomic E-state index is 0.0143. The van der Waals surface area contributed by atoms with Gasteiger partial charge in [-0.2, -0.15) is 4.98 Å². The topological polar surface area (TPSA) is 199 Å². The molecule has 1 aliphatic heterocycles. The first-order valence-electron chi connectivity index (χ1n) is 15.2. The van der Waals surface area contributed by atoms with E-state index in [9.17, 15) is 18.0 Å². The number of hydrogen-bond donors (Lipinski definition) is 2. The van der Waals surface area contributed by atoms with Gasteiger partial charge in [-0.25, -0.2) is 23.2 Å². The van der Waals surface area contributed by atoms with Crippen molar-refractivity contribution in [3.8, 4) is 34.6 Å². The molecule has 19 heteroatoms. The molecule has 17 nitrogen and oxygen atoms in total. The molecular weight excluding hydrogens is 712 g/mol. The molecule has 0 radical (unpaired) electrons. The van der Waals surface area contributed by atoms with Gasteiger partial charge in [0.2, 0.25) is 5.75 Å². The molecule has 0 spiro atoms. The number of aromatic nitrogens is 3. The number of halogens is 1. The van der Waals surface area contributed by atoms with Crippen LogP contribution in [0.25, 0.3) is 0 Å². The number of amides is 2. The third kappa shape index (κ3) is 9.99. The maximum absolute atomic E-state index is 13.7. The summed E-state index contributed by atoms with van der Waals surface area (Å²) in [5.74, 6) is -0.140. The highest BCUT2D eigenvalue weighted by Crippen LogP contribution is 2.41. The zero-order valence-electron chi connectivity index (χ0n) is 27.4. The Morgan fingerprint density at radius 1 is 0.922 bits per heavy atom. The Hall–Kier alpha value is -5.59. The Morgan fingerprint density at radius 2 is 1.75 bits per heavy atom. The van der Waals surface area contributed by atoms with Crippen LogP contribution in [0.4, 0.5) is 16.4 Å². The van der Waals surface area contributed by atoms with Crippen molar-refractivity contribution in [2.45, 2.75) is 4.90 Å². The first-order valence-corrected chi connectivity index (χ1v) is 17.1. The van der Waals surface area contributed by atoms with E-state index in [-0.39, 0.29) is 70.3 Å². The standard InChI is InChI=1S/C32H33ClN6O11S/c1-44-21-6-8-23(33)25(17-21)50-29-30(35-20-36-31(29)47-15-16-48-32(41)37-27-5-3-4-10-34-27)38-51(42,43)22-7-9-24(45-2)26(18-22)49-19-28(40)39-11-13-46-14-12-39/h3-10,17-18,20H,11-16,19H2,1-2H3,(H,34,37,41)(H,35,36,38). The molecule has 0 atom stereocenters. The molecule has 2 aromatic heterocycles. The van der Waals surface area contributed by atoms with Gasteiger partial charge in [-0.1, -0.05) is 17.7 Å². The van der Waals surface area contributed by atoms with Crippen LogP contribution in [0.2, 0.25) is 5.02 Å². The molecule has 3 heterocycles. The van der Waals surface area contributed by atoms with Gasteiger partial charge in [0.25, 0.3) is 21.8 Å². The molecule has 2 N–H and O–H groups in total. The zero-order chi connectivity index (χ0) is 36.2. The van der Waals surface area contributed by atoms with E-state index >= 15 is 0 Å². The van der Waals surface area contributed by atoms with Crippen molar-refractivity contribution in [1.29, 1.82) is 0 Å². The van der Waals surface area contributed by atoms with Gasteiger partial charge >= 0.3 is 6.09 Å². The van der Waals surface area contributed by atoms with Crippen molar-refractivity contribution in [3.05, 3.63) is 72.1 Å². The summed E-state index contributed by atoms with van der Waals surface area (Å²) in [6.45, 7) is 0.863. The summed E-state index contributed by atoms with van der Waals surface area (Å²) < 4.78 is 68.3. The summed E-state index contributed by atoms with van der Waals surface area (Å²) in [7, 11) is -1.58. The van der Waals surface area contributed by atoms with Gasteiger partial charge in [0.15, 0.2) is 23.9 Å². The number of carbonyl (C=O) groups excluding carboxylic acids is 2. The lowest BCUT2D eigenvalue weighted by molar-refractivity contribution is -0.137. The average Bonchev–Trinajstić information content (AvgIpc) is 3.14. The molecule has 2 aromatic carbocycles. The molecular formula is C32H33ClN6O11S. The van der Waals surface area contributed by atoms with Gasteiger partial charge in [0, 0.05) is 31.4 Å². The number of benzene rings is 2. The number of anilines is 2. The Morgan fingerprint density at radius 3 is 2.49 bits per heavy atom. The van der Waals surface area contributed by atoms with Crippen LogP contribution >= 0.6 is 11.6 Å². The predicted octanol–water partition coefficient (Wildman–Crippen LogP) is 4.00. The number of nitrogens with zero attached hydrogens (tertiary/aromatic N) is 4. The van der Waals surface area contributed by atoms with E-state index in [1.165, 1.54) is 50.7 Å².